The molecule has 154 valence electrons. The molecule has 3 rings (SSSR count). The van der Waals surface area contributed by atoms with Gasteiger partial charge >= 0.3 is 5.97 Å². The normalized spacial score (nSPS) is 26.4. The molecule has 28 heavy (non-hydrogen) atoms. The topological polar surface area (TPSA) is 46.6 Å². The number of halogens is 2. The van der Waals surface area contributed by atoms with Crippen molar-refractivity contribution in [2.75, 3.05) is 20.7 Å². The van der Waals surface area contributed by atoms with Crippen LogP contribution in [0.15, 0.2) is 30.3 Å². The lowest BCUT2D eigenvalue weighted by molar-refractivity contribution is -0.141. The van der Waals surface area contributed by atoms with Gasteiger partial charge in [-0.2, -0.15) is 0 Å². The Hall–Kier alpha value is -1.88. The third kappa shape index (κ3) is 5.34. The van der Waals surface area contributed by atoms with Crippen LogP contribution >= 0.6 is 12.4 Å². The molecule has 1 amide bonds. The van der Waals surface area contributed by atoms with Crippen molar-refractivity contribution in [3.05, 3.63) is 41.7 Å². The Balaban J connectivity index is 0.00000280. The van der Waals surface area contributed by atoms with E-state index in [1.165, 1.54) is 24.6 Å². The fourth-order valence-corrected chi connectivity index (χ4v) is 4.78. The van der Waals surface area contributed by atoms with Gasteiger partial charge in [0.25, 0.3) is 0 Å². The molecule has 2 aliphatic carbocycles. The molecule has 0 aromatic heterocycles. The van der Waals surface area contributed by atoms with E-state index in [9.17, 15) is 14.0 Å². The highest BCUT2D eigenvalue weighted by Gasteiger charge is 2.46. The lowest BCUT2D eigenvalue weighted by Gasteiger charge is -2.37. The minimum Gasteiger partial charge on any atom is -0.462 e. The van der Waals surface area contributed by atoms with Gasteiger partial charge in [-0.1, -0.05) is 25.0 Å². The Morgan fingerprint density at radius 1 is 1.14 bits per heavy atom. The van der Waals surface area contributed by atoms with Crippen LogP contribution in [0.25, 0.3) is 6.08 Å². The summed E-state index contributed by atoms with van der Waals surface area (Å²) in [4.78, 5) is 26.3. The van der Waals surface area contributed by atoms with E-state index in [2.05, 4.69) is 0 Å². The summed E-state index contributed by atoms with van der Waals surface area (Å²) in [6.45, 7) is 0.366. The van der Waals surface area contributed by atoms with Crippen LogP contribution in [0.4, 0.5) is 4.39 Å². The Morgan fingerprint density at radius 2 is 1.86 bits per heavy atom. The number of esters is 1. The van der Waals surface area contributed by atoms with Crippen LogP contribution in [0.5, 0.6) is 0 Å². The van der Waals surface area contributed by atoms with Crippen LogP contribution in [0, 0.1) is 29.5 Å². The van der Waals surface area contributed by atoms with E-state index in [0.29, 0.717) is 18.4 Å². The molecule has 4 atom stereocenters. The van der Waals surface area contributed by atoms with Crippen LogP contribution in [-0.2, 0) is 14.3 Å². The van der Waals surface area contributed by atoms with Crippen LogP contribution in [0.3, 0.4) is 0 Å². The zero-order valence-corrected chi connectivity index (χ0v) is 17.3. The fourth-order valence-electron chi connectivity index (χ4n) is 4.78. The minimum absolute atomic E-state index is 0. The second kappa shape index (κ2) is 10.1. The van der Waals surface area contributed by atoms with Crippen molar-refractivity contribution in [1.29, 1.82) is 0 Å². The maximum absolute atomic E-state index is 12.9. The fraction of sp³-hybridized carbons (Fsp3) is 0.545. The molecule has 1 aromatic carbocycles. The van der Waals surface area contributed by atoms with Gasteiger partial charge in [0.15, 0.2) is 0 Å². The van der Waals surface area contributed by atoms with Crippen LogP contribution in [0.2, 0.25) is 0 Å². The van der Waals surface area contributed by atoms with E-state index >= 15 is 0 Å². The quantitative estimate of drug-likeness (QED) is 0.537. The summed E-state index contributed by atoms with van der Waals surface area (Å²) >= 11 is 0. The highest BCUT2D eigenvalue weighted by atomic mass is 35.5. The summed E-state index contributed by atoms with van der Waals surface area (Å²) in [6, 6.07) is 5.94. The van der Waals surface area contributed by atoms with Crippen molar-refractivity contribution < 1.29 is 18.7 Å². The zero-order chi connectivity index (χ0) is 19.4. The maximum Gasteiger partial charge on any atom is 0.330 e. The van der Waals surface area contributed by atoms with E-state index in [4.69, 9.17) is 4.74 Å². The molecule has 2 aliphatic rings. The summed E-state index contributed by atoms with van der Waals surface area (Å²) in [7, 11) is 3.63. The molecule has 6 heteroatoms. The number of nitrogens with zero attached hydrogens (tertiary/aromatic N) is 1. The first kappa shape index (κ1) is 22.4. The summed E-state index contributed by atoms with van der Waals surface area (Å²) in [5, 5.41) is 0. The molecule has 0 spiro atoms. The van der Waals surface area contributed by atoms with Gasteiger partial charge in [0.1, 0.15) is 5.82 Å². The Bertz CT molecular complexity index is 704. The van der Waals surface area contributed by atoms with Gasteiger partial charge < -0.3 is 9.64 Å². The predicted molar refractivity (Wildman–Crippen MR) is 109 cm³/mol. The van der Waals surface area contributed by atoms with E-state index in [-0.39, 0.29) is 36.0 Å². The average Bonchev–Trinajstić information content (AvgIpc) is 3.09. The van der Waals surface area contributed by atoms with Crippen molar-refractivity contribution in [1.82, 2.24) is 4.90 Å². The molecule has 0 N–H and O–H groups in total. The average molecular weight is 410 g/mol. The maximum atomic E-state index is 12.9. The zero-order valence-electron chi connectivity index (χ0n) is 16.5. The first-order chi connectivity index (χ1) is 13.0. The van der Waals surface area contributed by atoms with Gasteiger partial charge in [0, 0.05) is 26.1 Å². The van der Waals surface area contributed by atoms with Gasteiger partial charge in [-0.25, -0.2) is 9.18 Å². The number of carbonyl (C=O) groups excluding carboxylic acids is 2. The highest BCUT2D eigenvalue weighted by molar-refractivity contribution is 5.87. The summed E-state index contributed by atoms with van der Waals surface area (Å²) in [5.41, 5.74) is 0.749. The van der Waals surface area contributed by atoms with Crippen LogP contribution < -0.4 is 0 Å². The predicted octanol–water partition coefficient (Wildman–Crippen LogP) is 4.33. The van der Waals surface area contributed by atoms with Gasteiger partial charge in [0.2, 0.25) is 5.91 Å². The van der Waals surface area contributed by atoms with Crippen molar-refractivity contribution >= 4 is 30.4 Å². The van der Waals surface area contributed by atoms with Gasteiger partial charge in [-0.05, 0) is 60.8 Å². The van der Waals surface area contributed by atoms with E-state index in [0.717, 1.165) is 31.2 Å². The molecular formula is C22H29ClFNO3. The molecule has 0 aliphatic heterocycles. The molecule has 2 fully saturated rings. The minimum atomic E-state index is -0.394. The third-order valence-electron chi connectivity index (χ3n) is 6.03. The Labute approximate surface area is 172 Å². The lowest BCUT2D eigenvalue weighted by atomic mass is 9.70. The van der Waals surface area contributed by atoms with Gasteiger partial charge in [-0.15, -0.1) is 12.4 Å². The monoisotopic (exact) mass is 409 g/mol. The first-order valence-corrected chi connectivity index (χ1v) is 9.77. The number of ether oxygens (including phenoxy) is 1. The number of rotatable bonds is 5. The second-order valence-corrected chi connectivity index (χ2v) is 7.96. The van der Waals surface area contributed by atoms with E-state index < -0.39 is 5.97 Å². The van der Waals surface area contributed by atoms with Gasteiger partial charge in [-0.3, -0.25) is 4.79 Å². The molecule has 0 radical (unpaired) electrons. The molecule has 0 bridgehead atoms. The number of hydrogen-bond acceptors (Lipinski definition) is 3. The first-order valence-electron chi connectivity index (χ1n) is 9.77. The number of amides is 1. The van der Waals surface area contributed by atoms with Crippen molar-refractivity contribution in [2.24, 2.45) is 23.7 Å². The summed E-state index contributed by atoms with van der Waals surface area (Å²) in [6.07, 6.45) is 8.37. The van der Waals surface area contributed by atoms with E-state index in [1.54, 1.807) is 23.1 Å². The second-order valence-electron chi connectivity index (χ2n) is 7.96. The van der Waals surface area contributed by atoms with E-state index in [1.807, 2.05) is 14.1 Å². The standard InChI is InChI=1S/C22H28FNO3.ClH/c1-24(2)22(26)19-12-9-16-4-3-5-17(21(16)19)14-27-20(25)13-8-15-6-10-18(23)11-7-15;/h6-8,10-11,13,16-17,19,21H,3-5,9,12,14H2,1-2H3;1H/b13-8+;. The third-order valence-corrected chi connectivity index (χ3v) is 6.03. The molecule has 0 saturated heterocycles. The Kier molecular flexibility index (Phi) is 8.05. The number of hydrogen-bond donors (Lipinski definition) is 0. The number of fused-ring (bicyclic) bond motifs is 1. The smallest absolute Gasteiger partial charge is 0.330 e. The molecule has 4 nitrogen and oxygen atoms in total. The SMILES string of the molecule is CN(C)C(=O)C1CCC2CCCC(COC(=O)/C=C/c3ccc(F)cc3)C21.Cl. The van der Waals surface area contributed by atoms with Gasteiger partial charge in [0.05, 0.1) is 6.61 Å². The molecule has 1 aromatic rings. The van der Waals surface area contributed by atoms with Crippen molar-refractivity contribution in [3.8, 4) is 0 Å². The number of benzene rings is 1. The Morgan fingerprint density at radius 3 is 2.54 bits per heavy atom. The summed E-state index contributed by atoms with van der Waals surface area (Å²) < 4.78 is 18.4. The lowest BCUT2D eigenvalue weighted by Crippen LogP contribution is -2.39. The molecule has 0 heterocycles. The van der Waals surface area contributed by atoms with Crippen molar-refractivity contribution in [3.63, 3.8) is 0 Å². The molecular weight excluding hydrogens is 381 g/mol. The highest BCUT2D eigenvalue weighted by Crippen LogP contribution is 2.49. The number of carbonyl (C=O) groups is 2. The van der Waals surface area contributed by atoms with Crippen molar-refractivity contribution in [2.45, 2.75) is 32.1 Å². The van der Waals surface area contributed by atoms with Crippen LogP contribution in [-0.4, -0.2) is 37.5 Å². The molecule has 4 unspecified atom stereocenters. The van der Waals surface area contributed by atoms with Crippen LogP contribution in [0.1, 0.15) is 37.7 Å². The molecule has 2 saturated carbocycles. The largest absolute Gasteiger partial charge is 0.462 e. The summed E-state index contributed by atoms with van der Waals surface area (Å²) in [5.74, 6) is 0.715.